The van der Waals surface area contributed by atoms with E-state index in [1.807, 2.05) is 30.3 Å². The molecule has 0 spiro atoms. The summed E-state index contributed by atoms with van der Waals surface area (Å²) >= 11 is 5.16. The van der Waals surface area contributed by atoms with Crippen LogP contribution < -0.4 is 10.6 Å². The largest absolute Gasteiger partial charge is 0.506 e. The molecule has 3 N–H and O–H groups in total. The Morgan fingerprint density at radius 2 is 1.90 bits per heavy atom. The molecule has 2 aromatic rings. The summed E-state index contributed by atoms with van der Waals surface area (Å²) in [4.78, 5) is 16.2. The van der Waals surface area contributed by atoms with Crippen molar-refractivity contribution in [3.63, 3.8) is 0 Å². The van der Waals surface area contributed by atoms with Crippen molar-refractivity contribution < 1.29 is 9.90 Å². The number of benzene rings is 1. The molecule has 0 bridgehead atoms. The van der Waals surface area contributed by atoms with Crippen LogP contribution in [0.5, 0.6) is 5.75 Å². The van der Waals surface area contributed by atoms with Crippen molar-refractivity contribution in [2.24, 2.45) is 0 Å². The number of aromatic hydroxyl groups is 1. The number of hydrogen-bond acceptors (Lipinski definition) is 4. The number of nitrogens with zero attached hydrogens (tertiary/aromatic N) is 1. The first-order chi connectivity index (χ1) is 10.1. The number of nitrogens with one attached hydrogen (secondary N) is 2. The van der Waals surface area contributed by atoms with E-state index >= 15 is 0 Å². The molecule has 5 nitrogen and oxygen atoms in total. The van der Waals surface area contributed by atoms with Crippen molar-refractivity contribution in [3.05, 3.63) is 59.9 Å². The summed E-state index contributed by atoms with van der Waals surface area (Å²) in [5.74, 6) is -0.314. The number of carbonyl (C=O) groups is 1. The summed E-state index contributed by atoms with van der Waals surface area (Å²) in [6.07, 6.45) is 1.22. The number of carbonyl (C=O) groups excluding carboxylic acids is 1. The molecule has 0 aliphatic rings. The van der Waals surface area contributed by atoms with Crippen LogP contribution in [0.25, 0.3) is 0 Å². The molecular weight excluding hydrogens is 286 g/mol. The molecule has 1 heterocycles. The van der Waals surface area contributed by atoms with Gasteiger partial charge in [0.25, 0.3) is 5.91 Å². The average Bonchev–Trinajstić information content (AvgIpc) is 2.52. The molecule has 0 aliphatic heterocycles. The summed E-state index contributed by atoms with van der Waals surface area (Å²) in [6, 6.07) is 12.7. The standard InChI is InChI=1S/C15H15N3O2S/c19-12-6-7-13(16-9-12)15(20)18-10-14(21)17-8-11-4-2-1-3-5-11/h1-7,9,19H,8,10H2,(H,17,21)(H,18,20). The smallest absolute Gasteiger partial charge is 0.270 e. The Kier molecular flexibility index (Phi) is 5.22. The van der Waals surface area contributed by atoms with Crippen molar-refractivity contribution in [2.75, 3.05) is 6.54 Å². The van der Waals surface area contributed by atoms with E-state index in [4.69, 9.17) is 17.3 Å². The molecule has 0 radical (unpaired) electrons. The first-order valence-electron chi connectivity index (χ1n) is 6.39. The van der Waals surface area contributed by atoms with Crippen molar-refractivity contribution in [3.8, 4) is 5.75 Å². The molecule has 0 fully saturated rings. The highest BCUT2D eigenvalue weighted by Crippen LogP contribution is 2.05. The fourth-order valence-corrected chi connectivity index (χ4v) is 1.77. The van der Waals surface area contributed by atoms with E-state index < -0.39 is 0 Å². The van der Waals surface area contributed by atoms with Gasteiger partial charge in [-0.25, -0.2) is 4.98 Å². The van der Waals surface area contributed by atoms with Crippen LogP contribution in [0.1, 0.15) is 16.1 Å². The second-order valence-electron chi connectivity index (χ2n) is 4.35. The molecule has 1 aromatic heterocycles. The van der Waals surface area contributed by atoms with Crippen LogP contribution in [0.3, 0.4) is 0 Å². The van der Waals surface area contributed by atoms with Crippen molar-refractivity contribution in [2.45, 2.75) is 6.54 Å². The quantitative estimate of drug-likeness (QED) is 0.732. The van der Waals surface area contributed by atoms with E-state index in [0.29, 0.717) is 11.5 Å². The zero-order valence-corrected chi connectivity index (χ0v) is 12.1. The number of thiocarbonyl (C=S) groups is 1. The van der Waals surface area contributed by atoms with Crippen LogP contribution in [-0.2, 0) is 6.54 Å². The number of hydrogen-bond donors (Lipinski definition) is 3. The third-order valence-electron chi connectivity index (χ3n) is 2.72. The highest BCUT2D eigenvalue weighted by atomic mass is 32.1. The number of pyridine rings is 1. The monoisotopic (exact) mass is 301 g/mol. The van der Waals surface area contributed by atoms with Gasteiger partial charge in [-0.3, -0.25) is 4.79 Å². The van der Waals surface area contributed by atoms with Crippen LogP contribution in [-0.4, -0.2) is 27.5 Å². The summed E-state index contributed by atoms with van der Waals surface area (Å²) < 4.78 is 0. The fraction of sp³-hybridized carbons (Fsp3) is 0.133. The Bertz CT molecular complexity index is 615. The molecule has 2 rings (SSSR count). The lowest BCUT2D eigenvalue weighted by Crippen LogP contribution is -2.35. The molecule has 1 aromatic carbocycles. The van der Waals surface area contributed by atoms with Crippen LogP contribution in [0.2, 0.25) is 0 Å². The molecule has 6 heteroatoms. The van der Waals surface area contributed by atoms with Crippen LogP contribution in [0.4, 0.5) is 0 Å². The summed E-state index contributed by atoms with van der Waals surface area (Å²) in [6.45, 7) is 0.858. The Morgan fingerprint density at radius 1 is 1.14 bits per heavy atom. The second-order valence-corrected chi connectivity index (χ2v) is 4.84. The van der Waals surface area contributed by atoms with Gasteiger partial charge in [-0.15, -0.1) is 0 Å². The van der Waals surface area contributed by atoms with E-state index in [1.54, 1.807) is 0 Å². The molecule has 108 valence electrons. The van der Waals surface area contributed by atoms with Gasteiger partial charge in [0.1, 0.15) is 11.4 Å². The summed E-state index contributed by atoms with van der Waals surface area (Å²) in [5, 5.41) is 14.8. The van der Waals surface area contributed by atoms with Crippen molar-refractivity contribution in [1.29, 1.82) is 0 Å². The van der Waals surface area contributed by atoms with E-state index in [0.717, 1.165) is 5.56 Å². The predicted octanol–water partition coefficient (Wildman–Crippen LogP) is 1.63. The third-order valence-corrected chi connectivity index (χ3v) is 3.01. The Morgan fingerprint density at radius 3 is 2.57 bits per heavy atom. The molecule has 0 unspecified atom stereocenters. The first-order valence-corrected chi connectivity index (χ1v) is 6.80. The molecule has 21 heavy (non-hydrogen) atoms. The maximum absolute atomic E-state index is 11.8. The minimum Gasteiger partial charge on any atom is -0.506 e. The Hall–Kier alpha value is -2.47. The zero-order valence-electron chi connectivity index (χ0n) is 11.2. The van der Waals surface area contributed by atoms with Gasteiger partial charge >= 0.3 is 0 Å². The van der Waals surface area contributed by atoms with Gasteiger partial charge in [0.15, 0.2) is 0 Å². The van der Waals surface area contributed by atoms with Gasteiger partial charge in [-0.05, 0) is 17.7 Å². The third kappa shape index (κ3) is 4.85. The molecule has 0 atom stereocenters. The van der Waals surface area contributed by atoms with Gasteiger partial charge in [-0.1, -0.05) is 42.5 Å². The number of amides is 1. The lowest BCUT2D eigenvalue weighted by Gasteiger charge is -2.09. The zero-order chi connectivity index (χ0) is 15.1. The minimum absolute atomic E-state index is 0.0200. The fourth-order valence-electron chi connectivity index (χ4n) is 1.63. The second kappa shape index (κ2) is 7.35. The first kappa shape index (κ1) is 14.9. The van der Waals surface area contributed by atoms with Gasteiger partial charge < -0.3 is 15.7 Å². The SMILES string of the molecule is O=C(NCC(=S)NCc1ccccc1)c1ccc(O)cn1. The summed E-state index contributed by atoms with van der Waals surface area (Å²) in [5.41, 5.74) is 1.35. The van der Waals surface area contributed by atoms with Gasteiger partial charge in [0.2, 0.25) is 0 Å². The van der Waals surface area contributed by atoms with Gasteiger partial charge in [0.05, 0.1) is 17.7 Å². The van der Waals surface area contributed by atoms with Crippen LogP contribution >= 0.6 is 12.2 Å². The number of rotatable bonds is 5. The topological polar surface area (TPSA) is 74.2 Å². The van der Waals surface area contributed by atoms with E-state index in [-0.39, 0.29) is 23.9 Å². The van der Waals surface area contributed by atoms with Crippen molar-refractivity contribution >= 4 is 23.1 Å². The Balaban J connectivity index is 1.76. The van der Waals surface area contributed by atoms with Crippen molar-refractivity contribution in [1.82, 2.24) is 15.6 Å². The lowest BCUT2D eigenvalue weighted by atomic mass is 10.2. The Labute approximate surface area is 128 Å². The highest BCUT2D eigenvalue weighted by Gasteiger charge is 2.07. The predicted molar refractivity (Wildman–Crippen MR) is 84.1 cm³/mol. The molecule has 1 amide bonds. The highest BCUT2D eigenvalue weighted by molar-refractivity contribution is 7.80. The minimum atomic E-state index is -0.334. The molecule has 0 saturated heterocycles. The number of aromatic nitrogens is 1. The van der Waals surface area contributed by atoms with E-state index in [9.17, 15) is 4.79 Å². The van der Waals surface area contributed by atoms with Crippen LogP contribution in [0.15, 0.2) is 48.7 Å². The molecule has 0 saturated carbocycles. The van der Waals surface area contributed by atoms with E-state index in [2.05, 4.69) is 15.6 Å². The maximum Gasteiger partial charge on any atom is 0.270 e. The maximum atomic E-state index is 11.8. The molecule has 0 aliphatic carbocycles. The average molecular weight is 301 g/mol. The summed E-state index contributed by atoms with van der Waals surface area (Å²) in [7, 11) is 0. The van der Waals surface area contributed by atoms with E-state index in [1.165, 1.54) is 18.3 Å². The molecular formula is C15H15N3O2S. The van der Waals surface area contributed by atoms with Crippen LogP contribution in [0, 0.1) is 0 Å². The normalized spacial score (nSPS) is 9.90. The lowest BCUT2D eigenvalue weighted by molar-refractivity contribution is 0.0954. The van der Waals surface area contributed by atoms with Gasteiger partial charge in [0, 0.05) is 6.54 Å². The van der Waals surface area contributed by atoms with Gasteiger partial charge in [-0.2, -0.15) is 0 Å².